The zero-order valence-corrected chi connectivity index (χ0v) is 9.08. The normalized spacial score (nSPS) is 12.6. The standard InChI is InChI=1S/C8H5ClF3N3O2/c1-4-2-5(15(16)17)3-13-6(4)14-7(9)8(10,11)12/h2-3H,1H3. The van der Waals surface area contributed by atoms with Gasteiger partial charge in [0, 0.05) is 11.6 Å². The summed E-state index contributed by atoms with van der Waals surface area (Å²) in [5.41, 5.74) is -0.203. The van der Waals surface area contributed by atoms with Crippen LogP contribution in [0.5, 0.6) is 0 Å². The minimum atomic E-state index is -4.77. The highest BCUT2D eigenvalue weighted by Crippen LogP contribution is 2.25. The smallest absolute Gasteiger partial charge is 0.258 e. The summed E-state index contributed by atoms with van der Waals surface area (Å²) in [6, 6.07) is 1.06. The van der Waals surface area contributed by atoms with Crippen molar-refractivity contribution in [2.75, 3.05) is 0 Å². The van der Waals surface area contributed by atoms with Crippen LogP contribution in [0.25, 0.3) is 0 Å². The van der Waals surface area contributed by atoms with Crippen molar-refractivity contribution in [3.8, 4) is 0 Å². The van der Waals surface area contributed by atoms with Gasteiger partial charge in [0.05, 0.1) is 4.92 Å². The Morgan fingerprint density at radius 3 is 2.59 bits per heavy atom. The highest BCUT2D eigenvalue weighted by atomic mass is 35.5. The summed E-state index contributed by atoms with van der Waals surface area (Å²) in [5, 5.41) is 8.79. The number of aromatic nitrogens is 1. The third-order valence-electron chi connectivity index (χ3n) is 1.68. The molecule has 0 bridgehead atoms. The Hall–Kier alpha value is -1.70. The van der Waals surface area contributed by atoms with Gasteiger partial charge in [0.25, 0.3) is 5.69 Å². The number of nitrogens with zero attached hydrogens (tertiary/aromatic N) is 3. The highest BCUT2D eigenvalue weighted by molar-refractivity contribution is 6.67. The van der Waals surface area contributed by atoms with Gasteiger partial charge in [0.2, 0.25) is 5.17 Å². The molecule has 1 heterocycles. The summed E-state index contributed by atoms with van der Waals surface area (Å²) in [6.07, 6.45) is -3.95. The van der Waals surface area contributed by atoms with Crippen molar-refractivity contribution < 1.29 is 18.1 Å². The third-order valence-corrected chi connectivity index (χ3v) is 1.98. The van der Waals surface area contributed by atoms with Crippen LogP contribution in [0.15, 0.2) is 17.3 Å². The van der Waals surface area contributed by atoms with Crippen molar-refractivity contribution >= 4 is 28.3 Å². The van der Waals surface area contributed by atoms with Gasteiger partial charge >= 0.3 is 6.18 Å². The molecule has 0 aliphatic heterocycles. The topological polar surface area (TPSA) is 68.4 Å². The van der Waals surface area contributed by atoms with E-state index < -0.39 is 16.3 Å². The van der Waals surface area contributed by atoms with Gasteiger partial charge in [-0.3, -0.25) is 10.1 Å². The van der Waals surface area contributed by atoms with Crippen molar-refractivity contribution in [3.63, 3.8) is 0 Å². The number of halogens is 4. The number of alkyl halides is 3. The molecule has 0 aliphatic carbocycles. The van der Waals surface area contributed by atoms with Gasteiger partial charge in [-0.2, -0.15) is 13.2 Å². The van der Waals surface area contributed by atoms with Crippen LogP contribution in [-0.2, 0) is 0 Å². The van der Waals surface area contributed by atoms with Gasteiger partial charge in [-0.15, -0.1) is 0 Å². The Labute approximate surface area is 98.1 Å². The third kappa shape index (κ3) is 3.38. The van der Waals surface area contributed by atoms with Gasteiger partial charge in [0.1, 0.15) is 6.20 Å². The number of aliphatic imine (C=N–C) groups is 1. The molecule has 0 saturated carbocycles. The summed E-state index contributed by atoms with van der Waals surface area (Å²) in [6.45, 7) is 1.35. The van der Waals surface area contributed by atoms with Crippen LogP contribution in [0.2, 0.25) is 0 Å². The lowest BCUT2D eigenvalue weighted by molar-refractivity contribution is -0.385. The predicted molar refractivity (Wildman–Crippen MR) is 54.6 cm³/mol. The molecular formula is C8H5ClF3N3O2. The molecule has 1 rings (SSSR count). The van der Waals surface area contributed by atoms with Crippen LogP contribution in [-0.4, -0.2) is 21.3 Å². The molecule has 17 heavy (non-hydrogen) atoms. The molecule has 0 saturated heterocycles. The molecular weight excluding hydrogens is 263 g/mol. The molecule has 0 unspecified atom stereocenters. The van der Waals surface area contributed by atoms with E-state index in [-0.39, 0.29) is 17.1 Å². The lowest BCUT2D eigenvalue weighted by atomic mass is 10.3. The molecule has 0 radical (unpaired) electrons. The number of rotatable bonds is 2. The maximum atomic E-state index is 12.1. The van der Waals surface area contributed by atoms with E-state index in [0.717, 1.165) is 12.3 Å². The summed E-state index contributed by atoms with van der Waals surface area (Å²) in [4.78, 5) is 16.2. The molecule has 0 aliphatic rings. The van der Waals surface area contributed by atoms with Crippen molar-refractivity contribution in [1.82, 2.24) is 4.98 Å². The Morgan fingerprint density at radius 1 is 1.59 bits per heavy atom. The molecule has 1 aromatic heterocycles. The van der Waals surface area contributed by atoms with Crippen LogP contribution in [0.4, 0.5) is 24.7 Å². The van der Waals surface area contributed by atoms with Crippen LogP contribution < -0.4 is 0 Å². The first-order chi connectivity index (χ1) is 7.71. The summed E-state index contributed by atoms with van der Waals surface area (Å²) in [5.74, 6) is -0.307. The van der Waals surface area contributed by atoms with E-state index in [1.807, 2.05) is 0 Å². The van der Waals surface area contributed by atoms with Crippen molar-refractivity contribution in [1.29, 1.82) is 0 Å². The zero-order valence-electron chi connectivity index (χ0n) is 8.32. The Bertz CT molecular complexity index is 487. The summed E-state index contributed by atoms with van der Waals surface area (Å²) >= 11 is 4.92. The molecule has 0 fully saturated rings. The number of aryl methyl sites for hydroxylation is 1. The number of pyridine rings is 1. The fourth-order valence-electron chi connectivity index (χ4n) is 0.926. The molecule has 1 aromatic rings. The van der Waals surface area contributed by atoms with E-state index in [0.29, 0.717) is 0 Å². The highest BCUT2D eigenvalue weighted by Gasteiger charge is 2.34. The van der Waals surface area contributed by atoms with Crippen LogP contribution in [0.1, 0.15) is 5.56 Å². The summed E-state index contributed by atoms with van der Waals surface area (Å²) in [7, 11) is 0. The maximum Gasteiger partial charge on any atom is 0.444 e. The van der Waals surface area contributed by atoms with E-state index in [4.69, 9.17) is 11.6 Å². The number of hydrogen-bond acceptors (Lipinski definition) is 4. The van der Waals surface area contributed by atoms with Gasteiger partial charge in [0.15, 0.2) is 5.82 Å². The minimum absolute atomic E-state index is 0.126. The second-order valence-corrected chi connectivity index (χ2v) is 3.35. The molecule has 5 nitrogen and oxygen atoms in total. The Morgan fingerprint density at radius 2 is 2.18 bits per heavy atom. The monoisotopic (exact) mass is 267 g/mol. The Kier molecular flexibility index (Phi) is 3.66. The van der Waals surface area contributed by atoms with Crippen LogP contribution in [0, 0.1) is 17.0 Å². The van der Waals surface area contributed by atoms with Crippen molar-refractivity contribution in [3.05, 3.63) is 27.9 Å². The fraction of sp³-hybridized carbons (Fsp3) is 0.250. The molecule has 0 amide bonds. The molecule has 92 valence electrons. The molecule has 0 N–H and O–H groups in total. The van der Waals surface area contributed by atoms with Gasteiger partial charge in [-0.25, -0.2) is 9.98 Å². The predicted octanol–water partition coefficient (Wildman–Crippen LogP) is 3.13. The summed E-state index contributed by atoms with van der Waals surface area (Å²) < 4.78 is 36.2. The average Bonchev–Trinajstić information content (AvgIpc) is 2.19. The van der Waals surface area contributed by atoms with Gasteiger partial charge in [-0.05, 0) is 6.92 Å². The van der Waals surface area contributed by atoms with E-state index >= 15 is 0 Å². The first-order valence-electron chi connectivity index (χ1n) is 4.14. The number of nitro groups is 1. The fourth-order valence-corrected chi connectivity index (χ4v) is 1.01. The minimum Gasteiger partial charge on any atom is -0.258 e. The lowest BCUT2D eigenvalue weighted by Crippen LogP contribution is -2.16. The second kappa shape index (κ2) is 4.66. The Balaban J connectivity index is 3.14. The lowest BCUT2D eigenvalue weighted by Gasteiger charge is -2.04. The van der Waals surface area contributed by atoms with Crippen molar-refractivity contribution in [2.45, 2.75) is 13.1 Å². The largest absolute Gasteiger partial charge is 0.444 e. The van der Waals surface area contributed by atoms with E-state index in [9.17, 15) is 23.3 Å². The van der Waals surface area contributed by atoms with Gasteiger partial charge < -0.3 is 0 Å². The van der Waals surface area contributed by atoms with E-state index in [2.05, 4.69) is 9.98 Å². The maximum absolute atomic E-state index is 12.1. The van der Waals surface area contributed by atoms with E-state index in [1.54, 1.807) is 0 Å². The van der Waals surface area contributed by atoms with E-state index in [1.165, 1.54) is 6.92 Å². The molecule has 0 aromatic carbocycles. The molecule has 0 atom stereocenters. The quantitative estimate of drug-likeness (QED) is 0.469. The first kappa shape index (κ1) is 13.4. The number of hydrogen-bond donors (Lipinski definition) is 0. The molecule has 9 heteroatoms. The second-order valence-electron chi connectivity index (χ2n) is 2.99. The first-order valence-corrected chi connectivity index (χ1v) is 4.52. The van der Waals surface area contributed by atoms with Crippen LogP contribution >= 0.6 is 11.6 Å². The van der Waals surface area contributed by atoms with Gasteiger partial charge in [-0.1, -0.05) is 11.6 Å². The molecule has 0 spiro atoms. The van der Waals surface area contributed by atoms with Crippen molar-refractivity contribution in [2.24, 2.45) is 4.99 Å². The van der Waals surface area contributed by atoms with Crippen LogP contribution in [0.3, 0.4) is 0 Å². The average molecular weight is 268 g/mol. The SMILES string of the molecule is Cc1cc([N+](=O)[O-])cnc1N=C(Cl)C(F)(F)F. The zero-order chi connectivity index (χ0) is 13.2.